The van der Waals surface area contributed by atoms with E-state index >= 15 is 0 Å². The lowest BCUT2D eigenvalue weighted by Crippen LogP contribution is -2.29. The standard InChI is InChI=1S/C10H17NO/c1-2-10(12)6-5-9-4-3-7-11-8-9/h2,9,11H,1,3-8H2. The molecule has 2 nitrogen and oxygen atoms in total. The smallest absolute Gasteiger partial charge is 0.155 e. The Labute approximate surface area is 74.0 Å². The van der Waals surface area contributed by atoms with Crippen molar-refractivity contribution in [3.63, 3.8) is 0 Å². The quantitative estimate of drug-likeness (QED) is 0.643. The lowest BCUT2D eigenvalue weighted by atomic mass is 9.94. The molecule has 1 heterocycles. The molecule has 0 radical (unpaired) electrons. The highest BCUT2D eigenvalue weighted by atomic mass is 16.1. The van der Waals surface area contributed by atoms with Crippen LogP contribution in [0.25, 0.3) is 0 Å². The fraction of sp³-hybridized carbons (Fsp3) is 0.700. The second kappa shape index (κ2) is 5.09. The van der Waals surface area contributed by atoms with Gasteiger partial charge in [0, 0.05) is 6.42 Å². The third kappa shape index (κ3) is 3.18. The topological polar surface area (TPSA) is 29.1 Å². The zero-order valence-corrected chi connectivity index (χ0v) is 7.51. The summed E-state index contributed by atoms with van der Waals surface area (Å²) in [6, 6.07) is 0. The van der Waals surface area contributed by atoms with Crippen LogP contribution >= 0.6 is 0 Å². The second-order valence-electron chi connectivity index (χ2n) is 3.42. The lowest BCUT2D eigenvalue weighted by Gasteiger charge is -2.21. The van der Waals surface area contributed by atoms with Crippen LogP contribution < -0.4 is 5.32 Å². The van der Waals surface area contributed by atoms with Gasteiger partial charge in [0.15, 0.2) is 5.78 Å². The van der Waals surface area contributed by atoms with Crippen LogP contribution in [0.2, 0.25) is 0 Å². The minimum Gasteiger partial charge on any atom is -0.316 e. The fourth-order valence-corrected chi connectivity index (χ4v) is 1.62. The molecule has 0 saturated carbocycles. The average Bonchev–Trinajstić information content (AvgIpc) is 2.16. The summed E-state index contributed by atoms with van der Waals surface area (Å²) in [5.41, 5.74) is 0. The Morgan fingerprint density at radius 3 is 3.08 bits per heavy atom. The zero-order valence-electron chi connectivity index (χ0n) is 7.51. The summed E-state index contributed by atoms with van der Waals surface area (Å²) in [5, 5.41) is 3.34. The molecule has 68 valence electrons. The first kappa shape index (κ1) is 9.46. The van der Waals surface area contributed by atoms with Crippen molar-refractivity contribution in [3.05, 3.63) is 12.7 Å². The highest BCUT2D eigenvalue weighted by molar-refractivity contribution is 5.88. The van der Waals surface area contributed by atoms with Gasteiger partial charge in [0.05, 0.1) is 0 Å². The first-order chi connectivity index (χ1) is 5.83. The molecule has 12 heavy (non-hydrogen) atoms. The summed E-state index contributed by atoms with van der Waals surface area (Å²) in [5.74, 6) is 0.892. The van der Waals surface area contributed by atoms with Gasteiger partial charge in [0.1, 0.15) is 0 Å². The van der Waals surface area contributed by atoms with E-state index in [0.717, 1.165) is 19.5 Å². The van der Waals surface area contributed by atoms with Crippen molar-refractivity contribution < 1.29 is 4.79 Å². The van der Waals surface area contributed by atoms with Crippen LogP contribution in [0.15, 0.2) is 12.7 Å². The second-order valence-corrected chi connectivity index (χ2v) is 3.42. The normalized spacial score (nSPS) is 23.5. The molecule has 1 N–H and O–H groups in total. The molecule has 0 spiro atoms. The number of carbonyl (C=O) groups is 1. The summed E-state index contributed by atoms with van der Waals surface area (Å²) in [4.78, 5) is 10.9. The van der Waals surface area contributed by atoms with Crippen LogP contribution in [0.1, 0.15) is 25.7 Å². The first-order valence-corrected chi connectivity index (χ1v) is 4.69. The maximum atomic E-state index is 10.9. The Balaban J connectivity index is 2.12. The van der Waals surface area contributed by atoms with Crippen molar-refractivity contribution in [3.8, 4) is 0 Å². The molecule has 0 amide bonds. The van der Waals surface area contributed by atoms with E-state index in [-0.39, 0.29) is 5.78 Å². The van der Waals surface area contributed by atoms with E-state index in [1.165, 1.54) is 18.9 Å². The van der Waals surface area contributed by atoms with Gasteiger partial charge in [0.25, 0.3) is 0 Å². The predicted octanol–water partition coefficient (Wildman–Crippen LogP) is 1.52. The summed E-state index contributed by atoms with van der Waals surface area (Å²) in [6.45, 7) is 5.69. The van der Waals surface area contributed by atoms with Crippen molar-refractivity contribution in [2.75, 3.05) is 13.1 Å². The Bertz CT molecular complexity index is 159. The van der Waals surface area contributed by atoms with Gasteiger partial charge in [-0.1, -0.05) is 6.58 Å². The lowest BCUT2D eigenvalue weighted by molar-refractivity contribution is -0.114. The predicted molar refractivity (Wildman–Crippen MR) is 50.0 cm³/mol. The SMILES string of the molecule is C=CC(=O)CCC1CCCNC1. The molecular formula is C10H17NO. The van der Waals surface area contributed by atoms with E-state index in [4.69, 9.17) is 0 Å². The summed E-state index contributed by atoms with van der Waals surface area (Å²) in [7, 11) is 0. The molecule has 0 aromatic carbocycles. The molecule has 1 unspecified atom stereocenters. The molecule has 2 heteroatoms. The number of allylic oxidation sites excluding steroid dienone is 1. The van der Waals surface area contributed by atoms with E-state index in [1.807, 2.05) is 0 Å². The van der Waals surface area contributed by atoms with Gasteiger partial charge in [-0.25, -0.2) is 0 Å². The van der Waals surface area contributed by atoms with Crippen molar-refractivity contribution in [1.82, 2.24) is 5.32 Å². The van der Waals surface area contributed by atoms with Crippen LogP contribution in [-0.2, 0) is 4.79 Å². The molecule has 1 atom stereocenters. The summed E-state index contributed by atoms with van der Waals surface area (Å²) >= 11 is 0. The first-order valence-electron chi connectivity index (χ1n) is 4.69. The zero-order chi connectivity index (χ0) is 8.81. The van der Waals surface area contributed by atoms with Gasteiger partial charge in [-0.15, -0.1) is 0 Å². The minimum absolute atomic E-state index is 0.181. The number of carbonyl (C=O) groups excluding carboxylic acids is 1. The monoisotopic (exact) mass is 167 g/mol. The van der Waals surface area contributed by atoms with E-state index in [2.05, 4.69) is 11.9 Å². The van der Waals surface area contributed by atoms with E-state index in [1.54, 1.807) is 0 Å². The van der Waals surface area contributed by atoms with E-state index < -0.39 is 0 Å². The van der Waals surface area contributed by atoms with Crippen molar-refractivity contribution in [2.45, 2.75) is 25.7 Å². The number of hydrogen-bond acceptors (Lipinski definition) is 2. The van der Waals surface area contributed by atoms with Crippen molar-refractivity contribution >= 4 is 5.78 Å². The van der Waals surface area contributed by atoms with Crippen LogP contribution in [0.3, 0.4) is 0 Å². The molecule has 0 aliphatic carbocycles. The maximum Gasteiger partial charge on any atom is 0.155 e. The van der Waals surface area contributed by atoms with Gasteiger partial charge >= 0.3 is 0 Å². The maximum absolute atomic E-state index is 10.9. The molecule has 0 bridgehead atoms. The van der Waals surface area contributed by atoms with Crippen molar-refractivity contribution in [2.24, 2.45) is 5.92 Å². The fourth-order valence-electron chi connectivity index (χ4n) is 1.62. The van der Waals surface area contributed by atoms with Crippen LogP contribution in [0.4, 0.5) is 0 Å². The van der Waals surface area contributed by atoms with Crippen LogP contribution in [0.5, 0.6) is 0 Å². The summed E-state index contributed by atoms with van der Waals surface area (Å²) in [6.07, 6.45) is 5.66. The molecular weight excluding hydrogens is 150 g/mol. The Kier molecular flexibility index (Phi) is 4.01. The Morgan fingerprint density at radius 1 is 1.67 bits per heavy atom. The molecule has 0 aromatic heterocycles. The third-order valence-electron chi connectivity index (χ3n) is 2.43. The molecule has 1 rings (SSSR count). The van der Waals surface area contributed by atoms with Crippen molar-refractivity contribution in [1.29, 1.82) is 0 Å². The molecule has 0 aromatic rings. The van der Waals surface area contributed by atoms with Gasteiger partial charge < -0.3 is 5.32 Å². The molecule has 1 aliphatic rings. The van der Waals surface area contributed by atoms with Crippen LogP contribution in [0, 0.1) is 5.92 Å². The highest BCUT2D eigenvalue weighted by Crippen LogP contribution is 2.15. The van der Waals surface area contributed by atoms with Gasteiger partial charge in [-0.2, -0.15) is 0 Å². The number of rotatable bonds is 4. The molecule has 1 aliphatic heterocycles. The van der Waals surface area contributed by atoms with E-state index in [9.17, 15) is 4.79 Å². The molecule has 1 saturated heterocycles. The number of hydrogen-bond donors (Lipinski definition) is 1. The number of ketones is 1. The summed E-state index contributed by atoms with van der Waals surface area (Å²) < 4.78 is 0. The Hall–Kier alpha value is -0.630. The highest BCUT2D eigenvalue weighted by Gasteiger charge is 2.13. The Morgan fingerprint density at radius 2 is 2.50 bits per heavy atom. The number of piperidine rings is 1. The van der Waals surface area contributed by atoms with E-state index in [0.29, 0.717) is 12.3 Å². The van der Waals surface area contributed by atoms with Crippen LogP contribution in [-0.4, -0.2) is 18.9 Å². The molecule has 1 fully saturated rings. The minimum atomic E-state index is 0.181. The van der Waals surface area contributed by atoms with Gasteiger partial charge in [-0.3, -0.25) is 4.79 Å². The van der Waals surface area contributed by atoms with Gasteiger partial charge in [-0.05, 0) is 44.3 Å². The number of nitrogens with one attached hydrogen (secondary N) is 1. The third-order valence-corrected chi connectivity index (χ3v) is 2.43. The largest absolute Gasteiger partial charge is 0.316 e. The van der Waals surface area contributed by atoms with Gasteiger partial charge in [0.2, 0.25) is 0 Å². The average molecular weight is 167 g/mol.